The number of hydrogen-bond donors (Lipinski definition) is 2. The monoisotopic (exact) mass is 368 g/mol. The van der Waals surface area contributed by atoms with Crippen molar-refractivity contribution in [2.75, 3.05) is 0 Å². The summed E-state index contributed by atoms with van der Waals surface area (Å²) < 4.78 is 12.1. The fourth-order valence-corrected chi connectivity index (χ4v) is 3.39. The van der Waals surface area contributed by atoms with Crippen LogP contribution in [0, 0.1) is 16.7 Å². The van der Waals surface area contributed by atoms with E-state index >= 15 is 0 Å². The fraction of sp³-hybridized carbons (Fsp3) is 0.895. The maximum atomic E-state index is 13.0. The van der Waals surface area contributed by atoms with Gasteiger partial charge in [0.25, 0.3) is 0 Å². The van der Waals surface area contributed by atoms with E-state index < -0.39 is 41.5 Å². The highest BCUT2D eigenvalue weighted by molar-refractivity contribution is 6.48. The lowest BCUT2D eigenvalue weighted by Crippen LogP contribution is -2.57. The zero-order chi connectivity index (χ0) is 20.7. The molecule has 0 aliphatic carbocycles. The van der Waals surface area contributed by atoms with Crippen molar-refractivity contribution in [3.05, 3.63) is 0 Å². The van der Waals surface area contributed by atoms with E-state index in [1.165, 1.54) is 0 Å². The van der Waals surface area contributed by atoms with Gasteiger partial charge in [-0.05, 0) is 39.5 Å². The fourth-order valence-electron chi connectivity index (χ4n) is 3.39. The zero-order valence-electron chi connectivity index (χ0n) is 18.1. The molecule has 2 amide bonds. The van der Waals surface area contributed by atoms with E-state index in [1.54, 1.807) is 6.92 Å². The Morgan fingerprint density at radius 1 is 1.04 bits per heavy atom. The molecular weight excluding hydrogens is 331 g/mol. The number of hydrogen-bond acceptors (Lipinski definition) is 4. The minimum atomic E-state index is -0.739. The number of nitrogens with two attached hydrogens (primary N) is 1. The molecule has 26 heavy (non-hydrogen) atoms. The van der Waals surface area contributed by atoms with Crippen molar-refractivity contribution in [2.24, 2.45) is 22.5 Å². The Hall–Kier alpha value is -1.08. The smallest absolute Gasteiger partial charge is 0.402 e. The third-order valence-corrected chi connectivity index (χ3v) is 5.44. The lowest BCUT2D eigenvalue weighted by atomic mass is 9.69. The van der Waals surface area contributed by atoms with Crippen molar-refractivity contribution in [2.45, 2.75) is 92.8 Å². The van der Waals surface area contributed by atoms with Crippen LogP contribution in [0.5, 0.6) is 0 Å². The van der Waals surface area contributed by atoms with E-state index in [9.17, 15) is 9.59 Å². The average molecular weight is 368 g/mol. The molecule has 6 nitrogen and oxygen atoms in total. The standard InChI is InChI=1S/C19H37BN2O4/c1-12(14(21)23)13(20-25-18(7,8)19(9,10)26-20)22-15(24)17(5,6)11-16(2,3)4/h12-13H,11H2,1-10H3,(H2,21,23)(H,22,24)/t12?,13-/m0/s1. The topological polar surface area (TPSA) is 90.7 Å². The molecule has 150 valence electrons. The van der Waals surface area contributed by atoms with Crippen LogP contribution in [0.4, 0.5) is 0 Å². The van der Waals surface area contributed by atoms with Gasteiger partial charge in [-0.1, -0.05) is 41.5 Å². The Bertz CT molecular complexity index is 536. The van der Waals surface area contributed by atoms with Crippen LogP contribution >= 0.6 is 0 Å². The maximum absolute atomic E-state index is 13.0. The molecule has 0 bridgehead atoms. The van der Waals surface area contributed by atoms with Gasteiger partial charge in [-0.15, -0.1) is 0 Å². The summed E-state index contributed by atoms with van der Waals surface area (Å²) in [6.07, 6.45) is 0.701. The third-order valence-electron chi connectivity index (χ3n) is 5.44. The maximum Gasteiger partial charge on any atom is 0.482 e. The van der Waals surface area contributed by atoms with E-state index in [1.807, 2.05) is 41.5 Å². The lowest BCUT2D eigenvalue weighted by molar-refractivity contribution is -0.132. The molecule has 0 aromatic rings. The van der Waals surface area contributed by atoms with Crippen molar-refractivity contribution in [3.63, 3.8) is 0 Å². The second-order valence-corrected chi connectivity index (χ2v) is 10.4. The van der Waals surface area contributed by atoms with Crippen LogP contribution in [0.2, 0.25) is 0 Å². The molecule has 0 aromatic heterocycles. The van der Waals surface area contributed by atoms with Gasteiger partial charge in [0, 0.05) is 5.41 Å². The Balaban J connectivity index is 3.07. The zero-order valence-corrected chi connectivity index (χ0v) is 18.1. The first kappa shape index (κ1) is 23.0. The van der Waals surface area contributed by atoms with Crippen molar-refractivity contribution < 1.29 is 18.9 Å². The summed E-state index contributed by atoms with van der Waals surface area (Å²) >= 11 is 0. The molecule has 0 saturated carbocycles. The van der Waals surface area contributed by atoms with E-state index in [2.05, 4.69) is 26.1 Å². The quantitative estimate of drug-likeness (QED) is 0.706. The number of amides is 2. The SMILES string of the molecule is CC(C(N)=O)[C@H](NC(=O)C(C)(C)CC(C)(C)C)B1OC(C)(C)C(C)(C)O1. The molecule has 1 aliphatic heterocycles. The first-order valence-corrected chi connectivity index (χ1v) is 9.36. The molecule has 0 radical (unpaired) electrons. The third kappa shape index (κ3) is 5.23. The van der Waals surface area contributed by atoms with Crippen LogP contribution in [-0.2, 0) is 18.9 Å². The van der Waals surface area contributed by atoms with Gasteiger partial charge in [0.05, 0.1) is 23.1 Å². The minimum Gasteiger partial charge on any atom is -0.402 e. The van der Waals surface area contributed by atoms with Gasteiger partial charge in [-0.2, -0.15) is 0 Å². The first-order valence-electron chi connectivity index (χ1n) is 9.36. The summed E-state index contributed by atoms with van der Waals surface area (Å²) in [6, 6.07) is 0. The predicted octanol–water partition coefficient (Wildman–Crippen LogP) is 2.69. The van der Waals surface area contributed by atoms with Gasteiger partial charge >= 0.3 is 7.12 Å². The van der Waals surface area contributed by atoms with Gasteiger partial charge in [-0.3, -0.25) is 9.59 Å². The van der Waals surface area contributed by atoms with Crippen molar-refractivity contribution in [1.29, 1.82) is 0 Å². The van der Waals surface area contributed by atoms with E-state index in [4.69, 9.17) is 15.0 Å². The number of carbonyl (C=O) groups is 2. The summed E-state index contributed by atoms with van der Waals surface area (Å²) in [7, 11) is -0.739. The number of nitrogens with one attached hydrogen (secondary N) is 1. The largest absolute Gasteiger partial charge is 0.482 e. The normalized spacial score (nSPS) is 22.0. The van der Waals surface area contributed by atoms with Crippen LogP contribution < -0.4 is 11.1 Å². The predicted molar refractivity (Wildman–Crippen MR) is 104 cm³/mol. The Morgan fingerprint density at radius 2 is 1.46 bits per heavy atom. The molecule has 1 unspecified atom stereocenters. The van der Waals surface area contributed by atoms with Gasteiger partial charge < -0.3 is 20.4 Å². The molecule has 1 rings (SSSR count). The van der Waals surface area contributed by atoms with E-state index in [0.29, 0.717) is 6.42 Å². The van der Waals surface area contributed by atoms with E-state index in [-0.39, 0.29) is 11.3 Å². The summed E-state index contributed by atoms with van der Waals surface area (Å²) in [5.74, 6) is -1.92. The lowest BCUT2D eigenvalue weighted by Gasteiger charge is -2.34. The molecule has 3 N–H and O–H groups in total. The molecular formula is C19H37BN2O4. The molecule has 1 saturated heterocycles. The van der Waals surface area contributed by atoms with Gasteiger partial charge in [-0.25, -0.2) is 0 Å². The highest BCUT2D eigenvalue weighted by Gasteiger charge is 2.56. The van der Waals surface area contributed by atoms with Gasteiger partial charge in [0.2, 0.25) is 11.8 Å². The first-order chi connectivity index (χ1) is 11.4. The summed E-state index contributed by atoms with van der Waals surface area (Å²) in [4.78, 5) is 24.8. The number of primary amides is 1. The molecule has 1 fully saturated rings. The Kier molecular flexibility index (Phi) is 6.32. The van der Waals surface area contributed by atoms with Crippen molar-refractivity contribution in [3.8, 4) is 0 Å². The summed E-state index contributed by atoms with van der Waals surface area (Å²) in [5.41, 5.74) is 3.81. The average Bonchev–Trinajstić information content (AvgIpc) is 2.60. The summed E-state index contributed by atoms with van der Waals surface area (Å²) in [6.45, 7) is 19.5. The number of rotatable bonds is 6. The molecule has 0 aromatic carbocycles. The second-order valence-electron chi connectivity index (χ2n) is 10.4. The molecule has 7 heteroatoms. The van der Waals surface area contributed by atoms with Crippen molar-refractivity contribution in [1.82, 2.24) is 5.32 Å². The molecule has 1 heterocycles. The second kappa shape index (κ2) is 7.15. The highest BCUT2D eigenvalue weighted by Crippen LogP contribution is 2.39. The Labute approximate surface area is 159 Å². The van der Waals surface area contributed by atoms with Crippen molar-refractivity contribution >= 4 is 18.9 Å². The van der Waals surface area contributed by atoms with Crippen LogP contribution in [0.25, 0.3) is 0 Å². The van der Waals surface area contributed by atoms with Crippen LogP contribution in [0.3, 0.4) is 0 Å². The number of carbonyl (C=O) groups excluding carboxylic acids is 2. The summed E-state index contributed by atoms with van der Waals surface area (Å²) in [5, 5.41) is 2.99. The molecule has 1 aliphatic rings. The Morgan fingerprint density at radius 3 is 1.81 bits per heavy atom. The minimum absolute atomic E-state index is 0.00399. The van der Waals surface area contributed by atoms with Crippen LogP contribution in [-0.4, -0.2) is 36.1 Å². The van der Waals surface area contributed by atoms with Crippen LogP contribution in [0.1, 0.15) is 75.7 Å². The van der Waals surface area contributed by atoms with Gasteiger partial charge in [0.15, 0.2) is 0 Å². The van der Waals surface area contributed by atoms with E-state index in [0.717, 1.165) is 0 Å². The highest BCUT2D eigenvalue weighted by atomic mass is 16.7. The van der Waals surface area contributed by atoms with Gasteiger partial charge in [0.1, 0.15) is 0 Å². The molecule has 0 spiro atoms. The molecule has 2 atom stereocenters. The van der Waals surface area contributed by atoms with Crippen LogP contribution in [0.15, 0.2) is 0 Å².